The number of benzene rings is 1. The molecule has 27 heavy (non-hydrogen) atoms. The Morgan fingerprint density at radius 2 is 2.00 bits per heavy atom. The lowest BCUT2D eigenvalue weighted by Crippen LogP contribution is -2.33. The highest BCUT2D eigenvalue weighted by Crippen LogP contribution is 2.38. The molecule has 0 aliphatic heterocycles. The van der Waals surface area contributed by atoms with Crippen LogP contribution in [0.25, 0.3) is 11.3 Å². The molecule has 1 aliphatic carbocycles. The minimum atomic E-state index is -0.755. The number of carbonyl (C=O) groups excluding carboxylic acids is 1. The molecule has 1 atom stereocenters. The molecule has 0 spiro atoms. The van der Waals surface area contributed by atoms with Crippen LogP contribution in [0.15, 0.2) is 46.6 Å². The van der Waals surface area contributed by atoms with Crippen LogP contribution in [0.2, 0.25) is 0 Å². The number of nitrogens with one attached hydrogen (secondary N) is 1. The lowest BCUT2D eigenvalue weighted by Gasteiger charge is -2.13. The van der Waals surface area contributed by atoms with Crippen molar-refractivity contribution in [1.82, 2.24) is 14.8 Å². The zero-order valence-electron chi connectivity index (χ0n) is 14.6. The number of aromatic nitrogens is 3. The summed E-state index contributed by atoms with van der Waals surface area (Å²) >= 11 is 1.27. The molecule has 0 radical (unpaired) electrons. The fourth-order valence-corrected chi connectivity index (χ4v) is 3.44. The number of amides is 1. The molecule has 4 rings (SSSR count). The van der Waals surface area contributed by atoms with Gasteiger partial charge in [0.25, 0.3) is 11.5 Å². The van der Waals surface area contributed by atoms with Crippen LogP contribution in [0.1, 0.15) is 37.4 Å². The molecule has 2 aromatic heterocycles. The van der Waals surface area contributed by atoms with Crippen molar-refractivity contribution in [2.24, 2.45) is 0 Å². The standard InChI is InChI=1S/C19H17FN4O2S/c1-11(24-17(25)9-8-15(23-24)12-2-3-12)18(26)22-19-21-16(10-27-19)13-4-6-14(20)7-5-13/h4-12H,2-3H2,1H3,(H,21,22,26). The summed E-state index contributed by atoms with van der Waals surface area (Å²) in [5.41, 5.74) is 1.94. The molecule has 1 unspecified atom stereocenters. The number of hydrogen-bond donors (Lipinski definition) is 1. The van der Waals surface area contributed by atoms with Crippen molar-refractivity contribution in [2.45, 2.75) is 31.7 Å². The van der Waals surface area contributed by atoms with Gasteiger partial charge in [-0.3, -0.25) is 9.59 Å². The van der Waals surface area contributed by atoms with E-state index in [0.717, 1.165) is 24.1 Å². The van der Waals surface area contributed by atoms with Gasteiger partial charge >= 0.3 is 0 Å². The molecule has 3 aromatic rings. The summed E-state index contributed by atoms with van der Waals surface area (Å²) < 4.78 is 14.3. The van der Waals surface area contributed by atoms with E-state index in [2.05, 4.69) is 15.4 Å². The van der Waals surface area contributed by atoms with E-state index in [-0.39, 0.29) is 17.3 Å². The summed E-state index contributed by atoms with van der Waals surface area (Å²) in [5.74, 6) is -0.287. The van der Waals surface area contributed by atoms with Crippen molar-refractivity contribution < 1.29 is 9.18 Å². The maximum absolute atomic E-state index is 13.0. The largest absolute Gasteiger partial charge is 0.300 e. The molecule has 0 saturated heterocycles. The Balaban J connectivity index is 1.50. The second-order valence-electron chi connectivity index (χ2n) is 6.53. The maximum atomic E-state index is 13.0. The van der Waals surface area contributed by atoms with Crippen molar-refractivity contribution in [2.75, 3.05) is 5.32 Å². The second-order valence-corrected chi connectivity index (χ2v) is 7.38. The van der Waals surface area contributed by atoms with Crippen LogP contribution in [0, 0.1) is 5.82 Å². The number of hydrogen-bond acceptors (Lipinski definition) is 5. The normalized spacial score (nSPS) is 14.7. The highest BCUT2D eigenvalue weighted by Gasteiger charge is 2.27. The van der Waals surface area contributed by atoms with Gasteiger partial charge in [-0.05, 0) is 50.1 Å². The van der Waals surface area contributed by atoms with Crippen LogP contribution in [-0.2, 0) is 4.79 Å². The van der Waals surface area contributed by atoms with E-state index >= 15 is 0 Å². The Morgan fingerprint density at radius 1 is 1.26 bits per heavy atom. The number of halogens is 1. The highest BCUT2D eigenvalue weighted by atomic mass is 32.1. The van der Waals surface area contributed by atoms with Crippen LogP contribution in [0.4, 0.5) is 9.52 Å². The van der Waals surface area contributed by atoms with Gasteiger partial charge in [-0.15, -0.1) is 11.3 Å². The third-order valence-corrected chi connectivity index (χ3v) is 5.22. The Morgan fingerprint density at radius 3 is 2.70 bits per heavy atom. The van der Waals surface area contributed by atoms with Gasteiger partial charge in [0.05, 0.1) is 11.4 Å². The van der Waals surface area contributed by atoms with Gasteiger partial charge in [0.15, 0.2) is 5.13 Å². The number of carbonyl (C=O) groups is 1. The zero-order chi connectivity index (χ0) is 19.0. The second kappa shape index (κ2) is 7.03. The first-order valence-corrected chi connectivity index (χ1v) is 9.51. The van der Waals surface area contributed by atoms with E-state index in [9.17, 15) is 14.0 Å². The van der Waals surface area contributed by atoms with Crippen molar-refractivity contribution in [3.05, 3.63) is 63.6 Å². The average Bonchev–Trinajstić information content (AvgIpc) is 3.41. The first kappa shape index (κ1) is 17.5. The monoisotopic (exact) mass is 384 g/mol. The van der Waals surface area contributed by atoms with Crippen LogP contribution in [0.5, 0.6) is 0 Å². The summed E-state index contributed by atoms with van der Waals surface area (Å²) in [4.78, 5) is 29.0. The lowest BCUT2D eigenvalue weighted by molar-refractivity contribution is -0.119. The molecule has 1 amide bonds. The van der Waals surface area contributed by atoms with Crippen LogP contribution >= 0.6 is 11.3 Å². The minimum Gasteiger partial charge on any atom is -0.300 e. The molecule has 8 heteroatoms. The van der Waals surface area contributed by atoms with Gasteiger partial charge in [0, 0.05) is 22.9 Å². The van der Waals surface area contributed by atoms with Crippen molar-refractivity contribution in [3.63, 3.8) is 0 Å². The average molecular weight is 384 g/mol. The van der Waals surface area contributed by atoms with Gasteiger partial charge in [-0.2, -0.15) is 5.10 Å². The van der Waals surface area contributed by atoms with Crippen molar-refractivity contribution >= 4 is 22.4 Å². The smallest absolute Gasteiger partial charge is 0.267 e. The van der Waals surface area contributed by atoms with Gasteiger partial charge in [-0.25, -0.2) is 14.1 Å². The quantitative estimate of drug-likeness (QED) is 0.729. The van der Waals surface area contributed by atoms with E-state index in [1.54, 1.807) is 30.5 Å². The Hall–Kier alpha value is -2.87. The van der Waals surface area contributed by atoms with E-state index < -0.39 is 6.04 Å². The third kappa shape index (κ3) is 3.80. The first-order chi connectivity index (χ1) is 13.0. The van der Waals surface area contributed by atoms with Crippen LogP contribution in [-0.4, -0.2) is 20.7 Å². The van der Waals surface area contributed by atoms with Crippen molar-refractivity contribution in [3.8, 4) is 11.3 Å². The zero-order valence-corrected chi connectivity index (χ0v) is 15.4. The maximum Gasteiger partial charge on any atom is 0.267 e. The highest BCUT2D eigenvalue weighted by molar-refractivity contribution is 7.14. The molecule has 1 N–H and O–H groups in total. The number of anilines is 1. The van der Waals surface area contributed by atoms with E-state index in [0.29, 0.717) is 16.7 Å². The molecule has 1 aromatic carbocycles. The number of thiazole rings is 1. The molecule has 138 valence electrons. The molecule has 0 bridgehead atoms. The van der Waals surface area contributed by atoms with E-state index in [4.69, 9.17) is 0 Å². The summed E-state index contributed by atoms with van der Waals surface area (Å²) in [6, 6.07) is 8.42. The lowest BCUT2D eigenvalue weighted by atomic mass is 10.2. The van der Waals surface area contributed by atoms with Gasteiger partial charge in [0.2, 0.25) is 0 Å². The van der Waals surface area contributed by atoms with Crippen LogP contribution < -0.4 is 10.9 Å². The molecule has 2 heterocycles. The Labute approximate surface area is 158 Å². The van der Waals surface area contributed by atoms with Crippen molar-refractivity contribution in [1.29, 1.82) is 0 Å². The summed E-state index contributed by atoms with van der Waals surface area (Å²) in [6.07, 6.45) is 2.13. The number of rotatable bonds is 5. The number of nitrogens with zero attached hydrogens (tertiary/aromatic N) is 3. The molecule has 1 saturated carbocycles. The molecular formula is C19H17FN4O2S. The Bertz CT molecular complexity index is 1040. The molecule has 6 nitrogen and oxygen atoms in total. The fraction of sp³-hybridized carbons (Fsp3) is 0.263. The first-order valence-electron chi connectivity index (χ1n) is 8.63. The SMILES string of the molecule is CC(C(=O)Nc1nc(-c2ccc(F)cc2)cs1)n1nc(C2CC2)ccc1=O. The fourth-order valence-electron chi connectivity index (χ4n) is 2.72. The Kier molecular flexibility index (Phi) is 4.57. The predicted molar refractivity (Wildman–Crippen MR) is 101 cm³/mol. The molecule has 1 fully saturated rings. The molecular weight excluding hydrogens is 367 g/mol. The minimum absolute atomic E-state index is 0.312. The van der Waals surface area contributed by atoms with Gasteiger partial charge in [-0.1, -0.05) is 0 Å². The third-order valence-electron chi connectivity index (χ3n) is 4.46. The van der Waals surface area contributed by atoms with E-state index in [1.807, 2.05) is 0 Å². The van der Waals surface area contributed by atoms with Gasteiger partial charge in [0.1, 0.15) is 11.9 Å². The van der Waals surface area contributed by atoms with Gasteiger partial charge < -0.3 is 5.32 Å². The van der Waals surface area contributed by atoms with E-state index in [1.165, 1.54) is 34.2 Å². The topological polar surface area (TPSA) is 76.9 Å². The summed E-state index contributed by atoms with van der Waals surface area (Å²) in [6.45, 7) is 1.63. The molecule has 1 aliphatic rings. The summed E-state index contributed by atoms with van der Waals surface area (Å²) in [5, 5.41) is 9.27. The predicted octanol–water partition coefficient (Wildman–Crippen LogP) is 3.58. The summed E-state index contributed by atoms with van der Waals surface area (Å²) in [7, 11) is 0. The van der Waals surface area contributed by atoms with Crippen LogP contribution in [0.3, 0.4) is 0 Å².